The minimum atomic E-state index is -4.61. The van der Waals surface area contributed by atoms with Gasteiger partial charge in [0.25, 0.3) is 0 Å². The third-order valence-corrected chi connectivity index (χ3v) is 21.8. The summed E-state index contributed by atoms with van der Waals surface area (Å²) in [4.78, 5) is 22.2. The standard InChI is InChI=1S/C46H35N3O3S.C46H33N3O3S/c2*1-29-12-14-32(15-13-29)43-34-16-17-35(28-34)44(33-18-20-36(21-19-33)53(50,51)52)38-23-25-40(48-38)46(31-10-6-3-7-11-31)42-27-26-41(49-42)45(30-8-4-2-5-9-30)39-24-22-37(43)47-39/h2-15,18-28,47-48H,16-17H2,1H3,(H,50,51,52);2-28,47-48H,1H3,(H,50,51,52). The normalized spacial score (nSPS) is 12.5. The van der Waals surface area contributed by atoms with Gasteiger partial charge in [0.1, 0.15) is 20.2 Å². The van der Waals surface area contributed by atoms with Gasteiger partial charge in [-0.1, -0.05) is 223 Å². The largest absolute Gasteiger partial charge is 0.744 e. The molecule has 514 valence electrons. The maximum atomic E-state index is 11.9. The molecular formula is C92H68N6O6S2. The fourth-order valence-corrected chi connectivity index (χ4v) is 16.1. The number of aryl methyl sites for hydroxylation is 4. The summed E-state index contributed by atoms with van der Waals surface area (Å²) >= 11 is 0. The molecule has 2 aliphatic heterocycles. The molecule has 8 heterocycles. The molecular weight excluding hydrogens is 1350 g/mol. The summed E-state index contributed by atoms with van der Waals surface area (Å²) in [5, 5.41) is 0. The Morgan fingerprint density at radius 1 is 0.264 bits per heavy atom. The van der Waals surface area contributed by atoms with E-state index in [1.807, 2.05) is 48.5 Å². The van der Waals surface area contributed by atoms with Crippen LogP contribution in [0, 0.1) is 13.8 Å². The zero-order valence-corrected chi connectivity index (χ0v) is 59.3. The summed E-state index contributed by atoms with van der Waals surface area (Å²) < 4.78 is 71.3. The molecule has 14 aromatic rings. The summed E-state index contributed by atoms with van der Waals surface area (Å²) in [7, 11) is -9.20. The highest BCUT2D eigenvalue weighted by atomic mass is 32.2. The van der Waals surface area contributed by atoms with Crippen LogP contribution in [-0.4, -0.2) is 45.9 Å². The van der Waals surface area contributed by atoms with Crippen LogP contribution in [0.3, 0.4) is 0 Å². The molecule has 0 unspecified atom stereocenters. The highest BCUT2D eigenvalue weighted by molar-refractivity contribution is 7.86. The Morgan fingerprint density at radius 2 is 0.500 bits per heavy atom. The van der Waals surface area contributed by atoms with Crippen molar-refractivity contribution in [3.63, 3.8) is 0 Å². The minimum Gasteiger partial charge on any atom is -0.744 e. The molecule has 0 saturated carbocycles. The number of hydrogen-bond donors (Lipinski definition) is 4. The molecule has 6 aromatic heterocycles. The van der Waals surface area contributed by atoms with Gasteiger partial charge in [0.05, 0.1) is 54.1 Å². The van der Waals surface area contributed by atoms with Gasteiger partial charge in [0.2, 0.25) is 22.8 Å². The predicted octanol–water partition coefficient (Wildman–Crippen LogP) is 20.7. The molecule has 0 saturated heterocycles. The number of aromatic nitrogens is 6. The molecule has 4 aliphatic rings. The Morgan fingerprint density at radius 3 is 0.774 bits per heavy atom. The Hall–Kier alpha value is -12.8. The van der Waals surface area contributed by atoms with Crippen molar-refractivity contribution in [2.45, 2.75) is 36.5 Å². The van der Waals surface area contributed by atoms with E-state index in [2.05, 4.69) is 262 Å². The second kappa shape index (κ2) is 27.4. The molecule has 2 aliphatic carbocycles. The molecule has 0 radical (unpaired) electrons. The fourth-order valence-electron chi connectivity index (χ4n) is 15.1. The second-order valence-electron chi connectivity index (χ2n) is 27.0. The lowest BCUT2D eigenvalue weighted by Crippen LogP contribution is -2.08. The number of hydrogen-bond acceptors (Lipinski definition) is 6. The maximum absolute atomic E-state index is 11.9. The average molecular weight is 1420 g/mol. The molecule has 18 rings (SSSR count). The smallest absolute Gasteiger partial charge is 0.214 e. The Kier molecular flexibility index (Phi) is 17.2. The first kappa shape index (κ1) is 66.4. The summed E-state index contributed by atoms with van der Waals surface area (Å²) in [6.45, 7) is 4.19. The topological polar surface area (TPSA) is 206 Å². The Balaban J connectivity index is 0.000000156. The van der Waals surface area contributed by atoms with Crippen molar-refractivity contribution < 1.29 is 35.9 Å². The van der Waals surface area contributed by atoms with E-state index in [0.717, 1.165) is 185 Å². The quantitative estimate of drug-likeness (QED) is 0.0980. The zero-order chi connectivity index (χ0) is 72.2. The first-order chi connectivity index (χ1) is 51.6. The van der Waals surface area contributed by atoms with Crippen molar-refractivity contribution in [2.24, 2.45) is 0 Å². The molecule has 16 bridgehead atoms. The highest BCUT2D eigenvalue weighted by Crippen LogP contribution is 2.43. The Bertz CT molecular complexity index is 6520. The number of nitrogens with one attached hydrogen (secondary N) is 6. The van der Waals surface area contributed by atoms with Crippen LogP contribution >= 0.6 is 0 Å². The summed E-state index contributed by atoms with van der Waals surface area (Å²) in [6, 6.07) is 92.7. The highest BCUT2D eigenvalue weighted by Gasteiger charge is 2.26. The van der Waals surface area contributed by atoms with Crippen molar-refractivity contribution in [2.75, 3.05) is 0 Å². The van der Waals surface area contributed by atoms with E-state index in [4.69, 9.17) is 0 Å². The van der Waals surface area contributed by atoms with Crippen LogP contribution in [0.15, 0.2) is 289 Å². The van der Waals surface area contributed by atoms with Gasteiger partial charge < -0.3 is 29.0 Å². The summed E-state index contributed by atoms with van der Waals surface area (Å²) in [6.07, 6.45) is 14.4. The molecule has 106 heavy (non-hydrogen) atoms. The van der Waals surface area contributed by atoms with Gasteiger partial charge in [-0.15, -0.1) is 0 Å². The van der Waals surface area contributed by atoms with Crippen molar-refractivity contribution in [3.8, 4) is 89.0 Å². The molecule has 14 heteroatoms. The van der Waals surface area contributed by atoms with E-state index in [0.29, 0.717) is 0 Å². The lowest BCUT2D eigenvalue weighted by Gasteiger charge is -2.10. The first-order valence-corrected chi connectivity index (χ1v) is 37.9. The van der Waals surface area contributed by atoms with Gasteiger partial charge in [-0.25, -0.2) is 26.8 Å². The summed E-state index contributed by atoms with van der Waals surface area (Å²) in [5.41, 5.74) is 34.3. The van der Waals surface area contributed by atoms with E-state index in [1.165, 1.54) is 41.0 Å². The number of benzene rings is 8. The number of aromatic amines is 6. The molecule has 0 atom stereocenters. The molecule has 6 N–H and O–H groups in total. The van der Waals surface area contributed by atoms with Crippen molar-refractivity contribution >= 4 is 101 Å². The second-order valence-corrected chi connectivity index (χ2v) is 29.7. The molecule has 0 fully saturated rings. The van der Waals surface area contributed by atoms with Crippen LogP contribution in [0.25, 0.3) is 170 Å². The van der Waals surface area contributed by atoms with E-state index in [1.54, 1.807) is 24.3 Å². The van der Waals surface area contributed by atoms with Crippen molar-refractivity contribution in [3.05, 3.63) is 335 Å². The van der Waals surface area contributed by atoms with Gasteiger partial charge in [0.15, 0.2) is 0 Å². The average Bonchev–Trinajstić information content (AvgIpc) is 1.61. The molecule has 0 amide bonds. The van der Waals surface area contributed by atoms with Gasteiger partial charge in [0, 0.05) is 68.6 Å². The Labute approximate surface area is 613 Å². The third-order valence-electron chi connectivity index (χ3n) is 20.1. The summed E-state index contributed by atoms with van der Waals surface area (Å²) in [5.74, 6) is 0. The van der Waals surface area contributed by atoms with Crippen LogP contribution in [0.4, 0.5) is 0 Å². The van der Waals surface area contributed by atoms with E-state index >= 15 is 0 Å². The van der Waals surface area contributed by atoms with Gasteiger partial charge in [-0.2, -0.15) is 0 Å². The van der Waals surface area contributed by atoms with Crippen LogP contribution in [0.2, 0.25) is 0 Å². The third kappa shape index (κ3) is 13.0. The van der Waals surface area contributed by atoms with E-state index < -0.39 is 20.2 Å². The van der Waals surface area contributed by atoms with E-state index in [9.17, 15) is 25.9 Å². The monoisotopic (exact) mass is 1420 g/mol. The predicted molar refractivity (Wildman–Crippen MR) is 427 cm³/mol. The fraction of sp³-hybridized carbons (Fsp3) is 0.0435. The van der Waals surface area contributed by atoms with Gasteiger partial charge >= 0.3 is 0 Å². The van der Waals surface area contributed by atoms with Crippen molar-refractivity contribution in [1.82, 2.24) is 19.9 Å². The lowest BCUT2D eigenvalue weighted by molar-refractivity contribution is -0.378. The SMILES string of the molecule is Cc1ccc(-c2c3cc(c(-c4ccc(S(=O)(=O)[O-])cc4)c4ccc([nH]4)c(-c4ccccc4)c4[nH+]c(c(-c5ccccc5)c5ccc2[nH]5)C=C4)C=C3)cc1.Cc1ccc(-c2c3cc(c(-c4ccc(S(=O)(=O)[O-])cc4)c4ccc([nH]4)c(-c4ccccc4)c4[nH+]c(c(-c5ccccc5)c5ccc2[nH]5)C=C4)CC3)cc1. The lowest BCUT2D eigenvalue weighted by atomic mass is 9.99. The number of rotatable bonds is 10. The zero-order valence-electron chi connectivity index (χ0n) is 57.7. The molecule has 0 spiro atoms. The molecule has 12 nitrogen and oxygen atoms in total. The maximum Gasteiger partial charge on any atom is 0.214 e. The van der Waals surface area contributed by atoms with Gasteiger partial charge in [-0.3, -0.25) is 0 Å². The number of fused-ring (bicyclic) bond motifs is 16. The van der Waals surface area contributed by atoms with Crippen LogP contribution in [0.5, 0.6) is 0 Å². The van der Waals surface area contributed by atoms with Crippen LogP contribution in [-0.2, 0) is 33.1 Å². The first-order valence-electron chi connectivity index (χ1n) is 35.1. The van der Waals surface area contributed by atoms with E-state index in [-0.39, 0.29) is 9.79 Å². The van der Waals surface area contributed by atoms with Crippen molar-refractivity contribution in [1.29, 1.82) is 0 Å². The van der Waals surface area contributed by atoms with Gasteiger partial charge in [-0.05, 0) is 172 Å². The molecule has 8 aromatic carbocycles. The number of H-pyrrole nitrogens is 6. The minimum absolute atomic E-state index is 0.249. The van der Waals surface area contributed by atoms with Crippen LogP contribution in [0.1, 0.15) is 56.2 Å². The van der Waals surface area contributed by atoms with Crippen LogP contribution < -0.4 is 9.97 Å².